The molecule has 0 radical (unpaired) electrons. The summed E-state index contributed by atoms with van der Waals surface area (Å²) < 4.78 is 4.92. The second kappa shape index (κ2) is 9.65. The molecule has 0 saturated heterocycles. The molecule has 1 N–H and O–H groups in total. The fraction of sp³-hybridized carbons (Fsp3) is 1.00. The van der Waals surface area contributed by atoms with E-state index in [4.69, 9.17) is 16.3 Å². The lowest BCUT2D eigenvalue weighted by Crippen LogP contribution is -2.22. The van der Waals surface area contributed by atoms with E-state index in [1.165, 1.54) is 0 Å². The van der Waals surface area contributed by atoms with Gasteiger partial charge in [-0.3, -0.25) is 0 Å². The zero-order chi connectivity index (χ0) is 9.23. The number of hydrogen-bond acceptors (Lipinski definition) is 3. The van der Waals surface area contributed by atoms with E-state index in [9.17, 15) is 0 Å². The van der Waals surface area contributed by atoms with Crippen molar-refractivity contribution in [2.75, 3.05) is 38.8 Å². The average molecular weight is 212 g/mol. The third-order valence-electron chi connectivity index (χ3n) is 1.46. The summed E-state index contributed by atoms with van der Waals surface area (Å²) >= 11 is 7.77. The molecule has 0 aromatic rings. The quantitative estimate of drug-likeness (QED) is 0.487. The van der Waals surface area contributed by atoms with E-state index >= 15 is 0 Å². The van der Waals surface area contributed by atoms with E-state index in [1.54, 1.807) is 7.11 Å². The van der Waals surface area contributed by atoms with Gasteiger partial charge in [0.1, 0.15) is 0 Å². The smallest absolute Gasteiger partial charge is 0.0626 e. The molecule has 0 aromatic heterocycles. The molecule has 0 fully saturated rings. The number of methoxy groups -OCH3 is 1. The molecule has 0 aliphatic carbocycles. The van der Waals surface area contributed by atoms with Crippen molar-refractivity contribution >= 4 is 23.4 Å². The summed E-state index contributed by atoms with van der Waals surface area (Å²) in [7, 11) is 1.68. The first-order valence-electron chi connectivity index (χ1n) is 4.14. The van der Waals surface area contributed by atoms with Gasteiger partial charge in [0.2, 0.25) is 0 Å². The summed E-state index contributed by atoms with van der Waals surface area (Å²) in [4.78, 5) is 0. The average Bonchev–Trinajstić information content (AvgIpc) is 2.05. The van der Waals surface area contributed by atoms with Gasteiger partial charge in [-0.05, 0) is 19.2 Å². The Bertz CT molecular complexity index is 95.1. The van der Waals surface area contributed by atoms with Gasteiger partial charge in [0.15, 0.2) is 0 Å². The minimum Gasteiger partial charge on any atom is -0.383 e. The van der Waals surface area contributed by atoms with Crippen molar-refractivity contribution in [3.8, 4) is 0 Å². The van der Waals surface area contributed by atoms with Crippen LogP contribution in [0.3, 0.4) is 0 Å². The van der Waals surface area contributed by atoms with Gasteiger partial charge in [0.25, 0.3) is 0 Å². The van der Waals surface area contributed by atoms with Crippen molar-refractivity contribution in [2.24, 2.45) is 0 Å². The Labute approximate surface area is 84.4 Å². The zero-order valence-corrected chi connectivity index (χ0v) is 9.38. The van der Waals surface area contributed by atoms with Crippen molar-refractivity contribution in [3.63, 3.8) is 0 Å². The van der Waals surface area contributed by atoms with Crippen LogP contribution in [-0.4, -0.2) is 44.2 Å². The highest BCUT2D eigenvalue weighted by molar-refractivity contribution is 7.98. The molecule has 0 aliphatic rings. The third-order valence-corrected chi connectivity index (χ3v) is 2.42. The van der Waals surface area contributed by atoms with Crippen LogP contribution in [0.5, 0.6) is 0 Å². The van der Waals surface area contributed by atoms with Crippen LogP contribution < -0.4 is 5.32 Å². The molecule has 0 saturated carbocycles. The predicted molar refractivity (Wildman–Crippen MR) is 57.4 cm³/mol. The summed E-state index contributed by atoms with van der Waals surface area (Å²) in [5, 5.41) is 3.46. The Hall–Kier alpha value is 0.560. The molecule has 12 heavy (non-hydrogen) atoms. The molecular formula is C8H18ClNOS. The Kier molecular flexibility index (Phi) is 10.1. The fourth-order valence-electron chi connectivity index (χ4n) is 0.822. The summed E-state index contributed by atoms with van der Waals surface area (Å²) in [5.74, 6) is 1.16. The normalized spacial score (nSPS) is 13.2. The highest BCUT2D eigenvalue weighted by Gasteiger charge is 2.01. The lowest BCUT2D eigenvalue weighted by molar-refractivity contribution is 0.195. The summed E-state index contributed by atoms with van der Waals surface area (Å²) in [6.07, 6.45) is 3.08. The summed E-state index contributed by atoms with van der Waals surface area (Å²) in [5.41, 5.74) is 0. The van der Waals surface area contributed by atoms with Gasteiger partial charge < -0.3 is 10.1 Å². The third kappa shape index (κ3) is 8.65. The number of thioether (sulfide) groups is 1. The molecule has 0 bridgehead atoms. The van der Waals surface area contributed by atoms with Gasteiger partial charge in [0.05, 0.1) is 12.0 Å². The van der Waals surface area contributed by atoms with Gasteiger partial charge in [-0.15, -0.1) is 11.6 Å². The highest BCUT2D eigenvalue weighted by atomic mass is 35.5. The van der Waals surface area contributed by atoms with Gasteiger partial charge in [-0.1, -0.05) is 0 Å². The van der Waals surface area contributed by atoms with E-state index in [2.05, 4.69) is 11.6 Å². The number of alkyl halides is 1. The van der Waals surface area contributed by atoms with Gasteiger partial charge in [0, 0.05) is 19.4 Å². The fourth-order valence-corrected chi connectivity index (χ4v) is 1.41. The van der Waals surface area contributed by atoms with Crippen molar-refractivity contribution in [1.29, 1.82) is 0 Å². The van der Waals surface area contributed by atoms with Gasteiger partial charge >= 0.3 is 0 Å². The number of halogens is 1. The van der Waals surface area contributed by atoms with Crippen molar-refractivity contribution in [1.82, 2.24) is 5.32 Å². The first kappa shape index (κ1) is 12.6. The monoisotopic (exact) mass is 211 g/mol. The Morgan fingerprint density at radius 3 is 2.83 bits per heavy atom. The molecule has 0 amide bonds. The minimum atomic E-state index is 0.150. The molecule has 0 spiro atoms. The van der Waals surface area contributed by atoms with Crippen LogP contribution in [0.15, 0.2) is 0 Å². The number of hydrogen-bond donors (Lipinski definition) is 1. The van der Waals surface area contributed by atoms with E-state index in [-0.39, 0.29) is 5.38 Å². The maximum atomic E-state index is 5.92. The van der Waals surface area contributed by atoms with Crippen molar-refractivity contribution < 1.29 is 4.74 Å². The zero-order valence-electron chi connectivity index (χ0n) is 7.81. The molecular weight excluding hydrogens is 194 g/mol. The lowest BCUT2D eigenvalue weighted by atomic mass is 10.3. The second-order valence-electron chi connectivity index (χ2n) is 2.58. The van der Waals surface area contributed by atoms with Crippen LogP contribution in [0.4, 0.5) is 0 Å². The Morgan fingerprint density at radius 2 is 2.25 bits per heavy atom. The van der Waals surface area contributed by atoms with Crippen LogP contribution >= 0.6 is 23.4 Å². The molecule has 0 aromatic carbocycles. The molecule has 0 heterocycles. The summed E-state index contributed by atoms with van der Waals surface area (Å²) in [6, 6.07) is 0. The first-order valence-corrected chi connectivity index (χ1v) is 5.97. The minimum absolute atomic E-state index is 0.150. The van der Waals surface area contributed by atoms with E-state index < -0.39 is 0 Å². The van der Waals surface area contributed by atoms with Crippen molar-refractivity contribution in [3.05, 3.63) is 0 Å². The number of rotatable bonds is 8. The maximum absolute atomic E-state index is 5.92. The number of nitrogens with one attached hydrogen (secondary N) is 1. The van der Waals surface area contributed by atoms with Crippen molar-refractivity contribution in [2.45, 2.75) is 11.8 Å². The van der Waals surface area contributed by atoms with Crippen LogP contribution in [0, 0.1) is 0 Å². The molecule has 2 nitrogen and oxygen atoms in total. The van der Waals surface area contributed by atoms with E-state index in [0.29, 0.717) is 6.61 Å². The van der Waals surface area contributed by atoms with E-state index in [0.717, 1.165) is 25.3 Å². The first-order chi connectivity index (χ1) is 5.81. The molecule has 0 rings (SSSR count). The molecule has 0 aliphatic heterocycles. The summed E-state index contributed by atoms with van der Waals surface area (Å²) in [6.45, 7) is 2.70. The molecule has 1 atom stereocenters. The van der Waals surface area contributed by atoms with Crippen LogP contribution in [0.2, 0.25) is 0 Å². The van der Waals surface area contributed by atoms with Crippen LogP contribution in [0.1, 0.15) is 6.42 Å². The topological polar surface area (TPSA) is 21.3 Å². The largest absolute Gasteiger partial charge is 0.383 e. The van der Waals surface area contributed by atoms with Gasteiger partial charge in [-0.25, -0.2) is 0 Å². The van der Waals surface area contributed by atoms with Crippen LogP contribution in [-0.2, 0) is 4.74 Å². The second-order valence-corrected chi connectivity index (χ2v) is 4.19. The highest BCUT2D eigenvalue weighted by Crippen LogP contribution is 2.00. The van der Waals surface area contributed by atoms with Gasteiger partial charge in [-0.2, -0.15) is 11.8 Å². The maximum Gasteiger partial charge on any atom is 0.0626 e. The molecule has 74 valence electrons. The predicted octanol–water partition coefficient (Wildman–Crippen LogP) is 1.58. The Morgan fingerprint density at radius 1 is 1.50 bits per heavy atom. The number of ether oxygens (including phenoxy) is 1. The standard InChI is InChI=1S/C8H18ClNOS/c1-11-7-8(9)3-4-10-5-6-12-2/h8,10H,3-7H2,1-2H3. The van der Waals surface area contributed by atoms with Crippen LogP contribution in [0.25, 0.3) is 0 Å². The SMILES string of the molecule is COCC(Cl)CCNCCSC. The Balaban J connectivity index is 2.97. The molecule has 4 heteroatoms. The molecule has 1 unspecified atom stereocenters. The lowest BCUT2D eigenvalue weighted by Gasteiger charge is -2.08. The van der Waals surface area contributed by atoms with E-state index in [1.807, 2.05) is 11.8 Å².